The number of rotatable bonds is 3. The standard InChI is InChI=1S/C14H23NO2S/c1-6-17-14(4,5)12-15-9-7-13(2,3)8-10(16)11(9)18-12/h10,16H,6-8H2,1-5H3. The van der Waals surface area contributed by atoms with Gasteiger partial charge in [-0.25, -0.2) is 4.98 Å². The fourth-order valence-corrected chi connectivity index (χ4v) is 3.70. The van der Waals surface area contributed by atoms with E-state index < -0.39 is 0 Å². The molecule has 1 heterocycles. The lowest BCUT2D eigenvalue weighted by molar-refractivity contribution is -0.0143. The molecule has 1 aliphatic carbocycles. The van der Waals surface area contributed by atoms with Gasteiger partial charge in [0.15, 0.2) is 0 Å². The van der Waals surface area contributed by atoms with Crippen LogP contribution in [0, 0.1) is 5.41 Å². The minimum atomic E-state index is -0.368. The van der Waals surface area contributed by atoms with Crippen LogP contribution in [0.15, 0.2) is 0 Å². The van der Waals surface area contributed by atoms with E-state index in [9.17, 15) is 5.11 Å². The van der Waals surface area contributed by atoms with Gasteiger partial charge in [-0.05, 0) is 39.0 Å². The number of aliphatic hydroxyl groups is 1. The third-order valence-corrected chi connectivity index (χ3v) is 4.95. The second-order valence-electron chi connectivity index (χ2n) is 6.33. The molecule has 1 aliphatic rings. The fraction of sp³-hybridized carbons (Fsp3) is 0.786. The monoisotopic (exact) mass is 269 g/mol. The zero-order chi connectivity index (χ0) is 13.6. The Hall–Kier alpha value is -0.450. The molecule has 1 aromatic rings. The van der Waals surface area contributed by atoms with Crippen LogP contribution in [-0.2, 0) is 16.8 Å². The summed E-state index contributed by atoms with van der Waals surface area (Å²) in [5.41, 5.74) is 0.834. The van der Waals surface area contributed by atoms with E-state index in [-0.39, 0.29) is 17.1 Å². The molecule has 4 heteroatoms. The molecule has 18 heavy (non-hydrogen) atoms. The van der Waals surface area contributed by atoms with Crippen LogP contribution in [0.4, 0.5) is 0 Å². The molecule has 2 rings (SSSR count). The molecule has 0 radical (unpaired) electrons. The smallest absolute Gasteiger partial charge is 0.125 e. The minimum absolute atomic E-state index is 0.132. The zero-order valence-electron chi connectivity index (χ0n) is 11.9. The predicted octanol–water partition coefficient (Wildman–Crippen LogP) is 3.42. The molecule has 0 spiro atoms. The maximum atomic E-state index is 10.2. The van der Waals surface area contributed by atoms with Gasteiger partial charge in [0.1, 0.15) is 10.6 Å². The van der Waals surface area contributed by atoms with Crippen LogP contribution in [-0.4, -0.2) is 16.7 Å². The second-order valence-corrected chi connectivity index (χ2v) is 7.36. The molecule has 1 atom stereocenters. The Kier molecular flexibility index (Phi) is 3.56. The van der Waals surface area contributed by atoms with Gasteiger partial charge in [0.25, 0.3) is 0 Å². The lowest BCUT2D eigenvalue weighted by Crippen LogP contribution is -2.25. The topological polar surface area (TPSA) is 42.4 Å². The molecule has 0 fully saturated rings. The van der Waals surface area contributed by atoms with Crippen molar-refractivity contribution < 1.29 is 9.84 Å². The summed E-state index contributed by atoms with van der Waals surface area (Å²) in [6.45, 7) is 11.1. The van der Waals surface area contributed by atoms with Gasteiger partial charge in [-0.3, -0.25) is 0 Å². The van der Waals surface area contributed by atoms with Gasteiger partial charge in [0.05, 0.1) is 16.7 Å². The summed E-state index contributed by atoms with van der Waals surface area (Å²) >= 11 is 1.60. The average Bonchev–Trinajstić information content (AvgIpc) is 2.60. The molecule has 0 saturated carbocycles. The Morgan fingerprint density at radius 2 is 2.17 bits per heavy atom. The molecule has 0 aromatic carbocycles. The van der Waals surface area contributed by atoms with Crippen molar-refractivity contribution in [1.82, 2.24) is 4.98 Å². The van der Waals surface area contributed by atoms with E-state index in [1.54, 1.807) is 11.3 Å². The van der Waals surface area contributed by atoms with Crippen LogP contribution in [0.5, 0.6) is 0 Å². The van der Waals surface area contributed by atoms with Crippen molar-refractivity contribution >= 4 is 11.3 Å². The zero-order valence-corrected chi connectivity index (χ0v) is 12.7. The van der Waals surface area contributed by atoms with E-state index in [0.29, 0.717) is 6.61 Å². The third-order valence-electron chi connectivity index (χ3n) is 3.44. The number of aliphatic hydroxyl groups excluding tert-OH is 1. The van der Waals surface area contributed by atoms with Gasteiger partial charge < -0.3 is 9.84 Å². The van der Waals surface area contributed by atoms with Crippen LogP contribution >= 0.6 is 11.3 Å². The predicted molar refractivity (Wildman–Crippen MR) is 73.8 cm³/mol. The first kappa shape index (κ1) is 14.0. The summed E-state index contributed by atoms with van der Waals surface area (Å²) in [5, 5.41) is 11.2. The summed E-state index contributed by atoms with van der Waals surface area (Å²) in [6.07, 6.45) is 1.39. The molecule has 0 amide bonds. The van der Waals surface area contributed by atoms with Gasteiger partial charge in [-0.15, -0.1) is 11.3 Å². The Morgan fingerprint density at radius 1 is 1.50 bits per heavy atom. The fourth-order valence-electron chi connectivity index (χ4n) is 2.57. The van der Waals surface area contributed by atoms with E-state index >= 15 is 0 Å². The SMILES string of the molecule is CCOC(C)(C)c1nc2c(s1)C(O)CC(C)(C)C2. The molecule has 3 nitrogen and oxygen atoms in total. The summed E-state index contributed by atoms with van der Waals surface area (Å²) in [4.78, 5) is 5.76. The Morgan fingerprint density at radius 3 is 2.78 bits per heavy atom. The van der Waals surface area contributed by atoms with E-state index in [1.807, 2.05) is 20.8 Å². The molecule has 0 bridgehead atoms. The van der Waals surface area contributed by atoms with E-state index in [4.69, 9.17) is 9.72 Å². The number of ether oxygens (including phenoxy) is 1. The maximum Gasteiger partial charge on any atom is 0.125 e. The molecular formula is C14H23NO2S. The highest BCUT2D eigenvalue weighted by molar-refractivity contribution is 7.12. The van der Waals surface area contributed by atoms with Crippen molar-refractivity contribution in [3.05, 3.63) is 15.6 Å². The van der Waals surface area contributed by atoms with Crippen LogP contribution in [0.25, 0.3) is 0 Å². The molecular weight excluding hydrogens is 246 g/mol. The quantitative estimate of drug-likeness (QED) is 0.914. The number of hydrogen-bond donors (Lipinski definition) is 1. The van der Waals surface area contributed by atoms with Gasteiger partial charge in [-0.2, -0.15) is 0 Å². The largest absolute Gasteiger partial charge is 0.387 e. The number of hydrogen-bond acceptors (Lipinski definition) is 4. The maximum absolute atomic E-state index is 10.2. The first-order valence-corrected chi connectivity index (χ1v) is 7.39. The van der Waals surface area contributed by atoms with Crippen molar-refractivity contribution in [2.45, 2.75) is 59.2 Å². The van der Waals surface area contributed by atoms with Crippen molar-refractivity contribution in [3.8, 4) is 0 Å². The summed E-state index contributed by atoms with van der Waals surface area (Å²) < 4.78 is 5.75. The van der Waals surface area contributed by atoms with E-state index in [0.717, 1.165) is 28.4 Å². The number of thiazole rings is 1. The molecule has 1 aromatic heterocycles. The Labute approximate surface area is 113 Å². The summed E-state index contributed by atoms with van der Waals surface area (Å²) in [7, 11) is 0. The summed E-state index contributed by atoms with van der Waals surface area (Å²) in [6, 6.07) is 0. The number of aromatic nitrogens is 1. The van der Waals surface area contributed by atoms with Gasteiger partial charge in [0, 0.05) is 6.61 Å². The molecule has 0 saturated heterocycles. The molecule has 1 N–H and O–H groups in total. The normalized spacial score (nSPS) is 22.9. The van der Waals surface area contributed by atoms with Crippen molar-refractivity contribution in [1.29, 1.82) is 0 Å². The molecule has 0 aliphatic heterocycles. The van der Waals surface area contributed by atoms with E-state index in [2.05, 4.69) is 13.8 Å². The van der Waals surface area contributed by atoms with Gasteiger partial charge >= 0.3 is 0 Å². The second kappa shape index (κ2) is 4.58. The van der Waals surface area contributed by atoms with Crippen LogP contribution in [0.3, 0.4) is 0 Å². The number of fused-ring (bicyclic) bond motifs is 1. The first-order valence-electron chi connectivity index (χ1n) is 6.57. The van der Waals surface area contributed by atoms with Gasteiger partial charge in [-0.1, -0.05) is 13.8 Å². The van der Waals surface area contributed by atoms with E-state index in [1.165, 1.54) is 0 Å². The highest BCUT2D eigenvalue weighted by atomic mass is 32.1. The van der Waals surface area contributed by atoms with Crippen LogP contribution in [0.2, 0.25) is 0 Å². The first-order chi connectivity index (χ1) is 8.25. The minimum Gasteiger partial charge on any atom is -0.387 e. The van der Waals surface area contributed by atoms with Crippen LogP contribution < -0.4 is 0 Å². The van der Waals surface area contributed by atoms with Gasteiger partial charge in [0.2, 0.25) is 0 Å². The van der Waals surface area contributed by atoms with Crippen molar-refractivity contribution in [2.24, 2.45) is 5.41 Å². The lowest BCUT2D eigenvalue weighted by atomic mass is 9.77. The lowest BCUT2D eigenvalue weighted by Gasteiger charge is -2.31. The highest BCUT2D eigenvalue weighted by Gasteiger charge is 2.36. The van der Waals surface area contributed by atoms with Crippen molar-refractivity contribution in [2.75, 3.05) is 6.61 Å². The molecule has 102 valence electrons. The highest BCUT2D eigenvalue weighted by Crippen LogP contribution is 2.44. The third kappa shape index (κ3) is 2.60. The summed E-state index contributed by atoms with van der Waals surface area (Å²) in [5.74, 6) is 0. The Bertz CT molecular complexity index is 437. The van der Waals surface area contributed by atoms with Crippen molar-refractivity contribution in [3.63, 3.8) is 0 Å². The average molecular weight is 269 g/mol. The van der Waals surface area contributed by atoms with Crippen LogP contribution in [0.1, 0.15) is 62.7 Å². The molecule has 1 unspecified atom stereocenters. The Balaban J connectivity index is 2.34. The number of nitrogens with zero attached hydrogens (tertiary/aromatic N) is 1.